The molecule has 0 heterocycles. The van der Waals surface area contributed by atoms with Gasteiger partial charge in [0.2, 0.25) is 0 Å². The summed E-state index contributed by atoms with van der Waals surface area (Å²) in [5, 5.41) is 12.3. The van der Waals surface area contributed by atoms with Crippen LogP contribution in [0, 0.1) is 17.3 Å². The number of hydrogen-bond donors (Lipinski definition) is 3. The van der Waals surface area contributed by atoms with Gasteiger partial charge < -0.3 is 16.2 Å². The number of hydrogen-bond acceptors (Lipinski definition) is 3. The van der Waals surface area contributed by atoms with Gasteiger partial charge in [0.05, 0.1) is 0 Å². The molecule has 0 amide bonds. The molecular formula is C15H32N2O. The van der Waals surface area contributed by atoms with E-state index in [0.29, 0.717) is 11.5 Å². The molecule has 1 aliphatic carbocycles. The fourth-order valence-electron chi connectivity index (χ4n) is 3.20. The molecule has 3 heteroatoms. The van der Waals surface area contributed by atoms with Crippen LogP contribution < -0.4 is 11.1 Å². The molecule has 0 bridgehead atoms. The lowest BCUT2D eigenvalue weighted by atomic mass is 9.68. The Labute approximate surface area is 113 Å². The lowest BCUT2D eigenvalue weighted by molar-refractivity contribution is 0.133. The summed E-state index contributed by atoms with van der Waals surface area (Å²) < 4.78 is 0. The highest BCUT2D eigenvalue weighted by atomic mass is 16.3. The van der Waals surface area contributed by atoms with Crippen molar-refractivity contribution in [3.05, 3.63) is 0 Å². The van der Waals surface area contributed by atoms with Crippen LogP contribution in [-0.4, -0.2) is 30.8 Å². The third kappa shape index (κ3) is 4.87. The average molecular weight is 256 g/mol. The van der Waals surface area contributed by atoms with Gasteiger partial charge in [0.25, 0.3) is 0 Å². The molecule has 0 aromatic heterocycles. The summed E-state index contributed by atoms with van der Waals surface area (Å²) in [6.45, 7) is 8.95. The van der Waals surface area contributed by atoms with Crippen LogP contribution in [0.4, 0.5) is 0 Å². The Morgan fingerprint density at radius 3 is 2.28 bits per heavy atom. The van der Waals surface area contributed by atoms with Gasteiger partial charge in [-0.25, -0.2) is 0 Å². The largest absolute Gasteiger partial charge is 0.396 e. The van der Waals surface area contributed by atoms with Crippen molar-refractivity contribution in [3.8, 4) is 0 Å². The van der Waals surface area contributed by atoms with Crippen LogP contribution in [0.25, 0.3) is 0 Å². The van der Waals surface area contributed by atoms with Crippen molar-refractivity contribution in [1.82, 2.24) is 5.32 Å². The second-order valence-electron chi connectivity index (χ2n) is 6.85. The van der Waals surface area contributed by atoms with Crippen molar-refractivity contribution in [2.24, 2.45) is 23.0 Å². The molecule has 1 aliphatic rings. The number of nitrogens with one attached hydrogen (secondary N) is 1. The zero-order chi connectivity index (χ0) is 13.6. The van der Waals surface area contributed by atoms with Gasteiger partial charge in [-0.05, 0) is 55.9 Å². The Morgan fingerprint density at radius 1 is 1.22 bits per heavy atom. The monoisotopic (exact) mass is 256 g/mol. The molecule has 4 N–H and O–H groups in total. The molecule has 108 valence electrons. The van der Waals surface area contributed by atoms with Crippen molar-refractivity contribution < 1.29 is 5.11 Å². The van der Waals surface area contributed by atoms with E-state index in [1.165, 1.54) is 25.7 Å². The van der Waals surface area contributed by atoms with Crippen LogP contribution in [0.3, 0.4) is 0 Å². The smallest absolute Gasteiger partial charge is 0.0443 e. The number of aliphatic hydroxyl groups excluding tert-OH is 1. The van der Waals surface area contributed by atoms with Crippen molar-refractivity contribution in [2.45, 2.75) is 58.9 Å². The maximum Gasteiger partial charge on any atom is 0.0443 e. The highest BCUT2D eigenvalue weighted by Crippen LogP contribution is 2.40. The van der Waals surface area contributed by atoms with E-state index in [9.17, 15) is 0 Å². The lowest BCUT2D eigenvalue weighted by Gasteiger charge is -2.39. The van der Waals surface area contributed by atoms with Gasteiger partial charge in [0.1, 0.15) is 0 Å². The van der Waals surface area contributed by atoms with Crippen LogP contribution >= 0.6 is 0 Å². The van der Waals surface area contributed by atoms with Gasteiger partial charge in [0.15, 0.2) is 0 Å². The van der Waals surface area contributed by atoms with Gasteiger partial charge in [-0.2, -0.15) is 0 Å². The summed E-state index contributed by atoms with van der Waals surface area (Å²) in [5.41, 5.74) is 6.33. The van der Waals surface area contributed by atoms with Crippen LogP contribution in [0.15, 0.2) is 0 Å². The topological polar surface area (TPSA) is 58.3 Å². The van der Waals surface area contributed by atoms with E-state index in [0.717, 1.165) is 31.3 Å². The van der Waals surface area contributed by atoms with Gasteiger partial charge in [0, 0.05) is 19.2 Å². The fraction of sp³-hybridized carbons (Fsp3) is 1.00. The van der Waals surface area contributed by atoms with E-state index in [1.54, 1.807) is 0 Å². The number of aliphatic hydroxyl groups is 1. The minimum absolute atomic E-state index is 0.265. The Hall–Kier alpha value is -0.120. The van der Waals surface area contributed by atoms with Gasteiger partial charge in [-0.15, -0.1) is 0 Å². The molecular weight excluding hydrogens is 224 g/mol. The molecule has 0 radical (unpaired) electrons. The SMILES string of the molecule is CC(C)(C)C1CCC(C(CN)NCCCO)CC1. The molecule has 1 saturated carbocycles. The summed E-state index contributed by atoms with van der Waals surface area (Å²) in [6, 6.07) is 0.442. The van der Waals surface area contributed by atoms with Crippen molar-refractivity contribution in [3.63, 3.8) is 0 Å². The Morgan fingerprint density at radius 2 is 1.83 bits per heavy atom. The predicted octanol–water partition coefficient (Wildman–Crippen LogP) is 2.14. The van der Waals surface area contributed by atoms with Crippen LogP contribution in [0.2, 0.25) is 0 Å². The second-order valence-corrected chi connectivity index (χ2v) is 6.85. The quantitative estimate of drug-likeness (QED) is 0.638. The molecule has 0 aromatic rings. The molecule has 1 rings (SSSR count). The zero-order valence-corrected chi connectivity index (χ0v) is 12.4. The Balaban J connectivity index is 2.35. The van der Waals surface area contributed by atoms with E-state index in [4.69, 9.17) is 10.8 Å². The third-order valence-corrected chi connectivity index (χ3v) is 4.56. The molecule has 1 fully saturated rings. The van der Waals surface area contributed by atoms with Crippen LogP contribution in [0.1, 0.15) is 52.9 Å². The first kappa shape index (κ1) is 15.9. The van der Waals surface area contributed by atoms with Crippen LogP contribution in [-0.2, 0) is 0 Å². The van der Waals surface area contributed by atoms with E-state index < -0.39 is 0 Å². The van der Waals surface area contributed by atoms with Crippen LogP contribution in [0.5, 0.6) is 0 Å². The maximum absolute atomic E-state index is 8.82. The molecule has 1 unspecified atom stereocenters. The van der Waals surface area contributed by atoms with Gasteiger partial charge in [-0.3, -0.25) is 0 Å². The van der Waals surface area contributed by atoms with Crippen molar-refractivity contribution >= 4 is 0 Å². The summed E-state index contributed by atoms with van der Waals surface area (Å²) >= 11 is 0. The fourth-order valence-corrected chi connectivity index (χ4v) is 3.20. The zero-order valence-electron chi connectivity index (χ0n) is 12.4. The van der Waals surface area contributed by atoms with E-state index in [-0.39, 0.29) is 6.61 Å². The third-order valence-electron chi connectivity index (χ3n) is 4.56. The molecule has 1 atom stereocenters. The summed E-state index contributed by atoms with van der Waals surface area (Å²) in [5.74, 6) is 1.59. The molecule has 0 aromatic carbocycles. The van der Waals surface area contributed by atoms with Gasteiger partial charge in [-0.1, -0.05) is 20.8 Å². The molecule has 0 spiro atoms. The summed E-state index contributed by atoms with van der Waals surface area (Å²) in [4.78, 5) is 0. The Bertz CT molecular complexity index is 217. The first-order valence-electron chi connectivity index (χ1n) is 7.53. The highest BCUT2D eigenvalue weighted by Gasteiger charge is 2.32. The summed E-state index contributed by atoms with van der Waals surface area (Å²) in [6.07, 6.45) is 6.11. The molecule has 3 nitrogen and oxygen atoms in total. The van der Waals surface area contributed by atoms with E-state index in [2.05, 4.69) is 26.1 Å². The van der Waals surface area contributed by atoms with Crippen molar-refractivity contribution in [2.75, 3.05) is 19.7 Å². The predicted molar refractivity (Wildman–Crippen MR) is 77.5 cm³/mol. The minimum atomic E-state index is 0.265. The average Bonchev–Trinajstić information content (AvgIpc) is 2.34. The first-order valence-corrected chi connectivity index (χ1v) is 7.53. The lowest BCUT2D eigenvalue weighted by Crippen LogP contribution is -2.44. The molecule has 0 saturated heterocycles. The summed E-state index contributed by atoms with van der Waals surface area (Å²) in [7, 11) is 0. The van der Waals surface area contributed by atoms with Crippen molar-refractivity contribution in [1.29, 1.82) is 0 Å². The standard InChI is InChI=1S/C15H32N2O/c1-15(2,3)13-7-5-12(6-8-13)14(11-16)17-9-4-10-18/h12-14,17-18H,4-11,16H2,1-3H3. The maximum atomic E-state index is 8.82. The Kier molecular flexibility index (Phi) is 6.61. The normalized spacial score (nSPS) is 27.2. The second kappa shape index (κ2) is 7.46. The minimum Gasteiger partial charge on any atom is -0.396 e. The molecule has 0 aliphatic heterocycles. The first-order chi connectivity index (χ1) is 8.49. The van der Waals surface area contributed by atoms with E-state index >= 15 is 0 Å². The molecule has 18 heavy (non-hydrogen) atoms. The highest BCUT2D eigenvalue weighted by molar-refractivity contribution is 4.86. The van der Waals surface area contributed by atoms with Gasteiger partial charge >= 0.3 is 0 Å². The number of rotatable bonds is 6. The van der Waals surface area contributed by atoms with E-state index in [1.807, 2.05) is 0 Å². The number of nitrogens with two attached hydrogens (primary N) is 1.